The van der Waals surface area contributed by atoms with E-state index in [0.717, 1.165) is 42.8 Å². The smallest absolute Gasteiger partial charge is 0.243 e. The molecule has 130 valence electrons. The highest BCUT2D eigenvalue weighted by Gasteiger charge is 2.29. The normalized spacial score (nSPS) is 17.4. The first kappa shape index (κ1) is 18.2. The lowest BCUT2D eigenvalue weighted by atomic mass is 9.98. The largest absolute Gasteiger partial charge is 0.496 e. The van der Waals surface area contributed by atoms with Crippen molar-refractivity contribution in [3.8, 4) is 5.75 Å². The second kappa shape index (κ2) is 7.64. The number of nitrogens with zero attached hydrogens (tertiary/aromatic N) is 1. The number of aryl methyl sites for hydroxylation is 2. The molecule has 0 bridgehead atoms. The van der Waals surface area contributed by atoms with E-state index in [4.69, 9.17) is 4.74 Å². The molecule has 23 heavy (non-hydrogen) atoms. The molecule has 1 aromatic rings. The van der Waals surface area contributed by atoms with Crippen molar-refractivity contribution in [3.63, 3.8) is 0 Å². The molecule has 2 rings (SSSR count). The average Bonchev–Trinajstić information content (AvgIpc) is 2.53. The molecule has 1 saturated heterocycles. The van der Waals surface area contributed by atoms with Crippen molar-refractivity contribution >= 4 is 10.0 Å². The minimum atomic E-state index is -3.42. The van der Waals surface area contributed by atoms with Crippen LogP contribution in [0.3, 0.4) is 0 Å². The Bertz CT molecular complexity index is 612. The zero-order chi connectivity index (χ0) is 17.0. The van der Waals surface area contributed by atoms with Gasteiger partial charge in [0.2, 0.25) is 10.0 Å². The van der Waals surface area contributed by atoms with Crippen LogP contribution in [-0.4, -0.2) is 46.0 Å². The van der Waals surface area contributed by atoms with Crippen molar-refractivity contribution in [3.05, 3.63) is 23.3 Å². The van der Waals surface area contributed by atoms with Crippen molar-refractivity contribution in [1.82, 2.24) is 9.62 Å². The zero-order valence-corrected chi connectivity index (χ0v) is 15.4. The van der Waals surface area contributed by atoms with E-state index in [1.165, 1.54) is 0 Å². The summed E-state index contributed by atoms with van der Waals surface area (Å²) in [6, 6.07) is 3.43. The molecule has 5 nitrogen and oxygen atoms in total. The van der Waals surface area contributed by atoms with Gasteiger partial charge in [-0.1, -0.05) is 6.92 Å². The van der Waals surface area contributed by atoms with Crippen LogP contribution in [-0.2, 0) is 10.0 Å². The van der Waals surface area contributed by atoms with Crippen molar-refractivity contribution in [1.29, 1.82) is 0 Å². The van der Waals surface area contributed by atoms with Gasteiger partial charge >= 0.3 is 0 Å². The maximum absolute atomic E-state index is 12.9. The quantitative estimate of drug-likeness (QED) is 0.863. The Hall–Kier alpha value is -1.11. The number of methoxy groups -OCH3 is 1. The van der Waals surface area contributed by atoms with Crippen LogP contribution in [0.15, 0.2) is 17.0 Å². The summed E-state index contributed by atoms with van der Waals surface area (Å²) in [4.78, 5) is 0.374. The van der Waals surface area contributed by atoms with Gasteiger partial charge < -0.3 is 10.1 Å². The van der Waals surface area contributed by atoms with E-state index in [9.17, 15) is 8.42 Å². The fourth-order valence-corrected chi connectivity index (χ4v) is 4.87. The van der Waals surface area contributed by atoms with Gasteiger partial charge in [-0.05, 0) is 69.0 Å². The molecule has 1 heterocycles. The number of benzene rings is 1. The van der Waals surface area contributed by atoms with Gasteiger partial charge in [-0.2, -0.15) is 4.31 Å². The third-order valence-corrected chi connectivity index (χ3v) is 6.41. The van der Waals surface area contributed by atoms with Gasteiger partial charge in [-0.3, -0.25) is 0 Å². The monoisotopic (exact) mass is 340 g/mol. The van der Waals surface area contributed by atoms with E-state index >= 15 is 0 Å². The fraction of sp³-hybridized carbons (Fsp3) is 0.647. The minimum absolute atomic E-state index is 0.374. The third-order valence-electron chi connectivity index (χ3n) is 4.53. The molecule has 1 aliphatic heterocycles. The Morgan fingerprint density at radius 3 is 2.26 bits per heavy atom. The second-order valence-electron chi connectivity index (χ2n) is 6.25. The lowest BCUT2D eigenvalue weighted by molar-refractivity contribution is 0.268. The Morgan fingerprint density at radius 1 is 1.22 bits per heavy atom. The molecule has 6 heteroatoms. The van der Waals surface area contributed by atoms with Crippen molar-refractivity contribution in [2.45, 2.75) is 38.5 Å². The molecule has 0 atom stereocenters. The lowest BCUT2D eigenvalue weighted by Crippen LogP contribution is -2.40. The Balaban J connectivity index is 2.14. The Kier molecular flexibility index (Phi) is 6.06. The van der Waals surface area contributed by atoms with Gasteiger partial charge in [0.05, 0.1) is 12.0 Å². The van der Waals surface area contributed by atoms with Gasteiger partial charge in [0.15, 0.2) is 0 Å². The molecule has 0 spiro atoms. The molecule has 0 aliphatic carbocycles. The van der Waals surface area contributed by atoms with Gasteiger partial charge in [0.25, 0.3) is 0 Å². The van der Waals surface area contributed by atoms with E-state index in [1.54, 1.807) is 23.5 Å². The second-order valence-corrected chi connectivity index (χ2v) is 8.18. The van der Waals surface area contributed by atoms with Crippen LogP contribution in [0.5, 0.6) is 5.75 Å². The number of ether oxygens (including phenoxy) is 1. The summed E-state index contributed by atoms with van der Waals surface area (Å²) in [6.45, 7) is 8.99. The molecule has 0 unspecified atom stereocenters. The number of hydrogen-bond acceptors (Lipinski definition) is 4. The summed E-state index contributed by atoms with van der Waals surface area (Å²) in [5, 5.41) is 3.35. The van der Waals surface area contributed by atoms with Crippen molar-refractivity contribution < 1.29 is 13.2 Å². The summed E-state index contributed by atoms with van der Waals surface area (Å²) in [5.41, 5.74) is 1.71. The summed E-state index contributed by atoms with van der Waals surface area (Å²) in [5.74, 6) is 1.33. The molecule has 0 saturated carbocycles. The predicted molar refractivity (Wildman–Crippen MR) is 92.5 cm³/mol. The minimum Gasteiger partial charge on any atom is -0.496 e. The maximum atomic E-state index is 12.9. The van der Waals surface area contributed by atoms with Crippen molar-refractivity contribution in [2.75, 3.05) is 33.3 Å². The predicted octanol–water partition coefficient (Wildman–Crippen LogP) is 2.32. The number of nitrogens with one attached hydrogen (secondary N) is 1. The standard InChI is InChI=1S/C17H28N2O3S/c1-5-18-12-15-6-8-19(9-7-15)23(20,21)16-10-13(2)17(22-4)14(3)11-16/h10-11,15,18H,5-9,12H2,1-4H3. The lowest BCUT2D eigenvalue weighted by Gasteiger charge is -2.31. The van der Waals surface area contributed by atoms with E-state index in [0.29, 0.717) is 23.9 Å². The maximum Gasteiger partial charge on any atom is 0.243 e. The van der Waals surface area contributed by atoms with E-state index in [1.807, 2.05) is 13.8 Å². The third kappa shape index (κ3) is 4.05. The van der Waals surface area contributed by atoms with Crippen LogP contribution >= 0.6 is 0 Å². The highest BCUT2D eigenvalue weighted by atomic mass is 32.2. The van der Waals surface area contributed by atoms with Crippen LogP contribution in [0.2, 0.25) is 0 Å². The highest BCUT2D eigenvalue weighted by molar-refractivity contribution is 7.89. The first-order valence-electron chi connectivity index (χ1n) is 8.26. The summed E-state index contributed by atoms with van der Waals surface area (Å²) in [7, 11) is -1.81. The molecule has 0 amide bonds. The fourth-order valence-electron chi connectivity index (χ4n) is 3.23. The number of sulfonamides is 1. The Labute approximate surface area is 140 Å². The zero-order valence-electron chi connectivity index (χ0n) is 14.6. The summed E-state index contributed by atoms with van der Waals surface area (Å²) in [6.07, 6.45) is 1.83. The molecular formula is C17H28N2O3S. The summed E-state index contributed by atoms with van der Waals surface area (Å²) >= 11 is 0. The first-order valence-corrected chi connectivity index (χ1v) is 9.70. The van der Waals surface area contributed by atoms with Gasteiger partial charge in [0, 0.05) is 13.1 Å². The number of hydrogen-bond donors (Lipinski definition) is 1. The van der Waals surface area contributed by atoms with Crippen LogP contribution in [0, 0.1) is 19.8 Å². The van der Waals surface area contributed by atoms with E-state index in [-0.39, 0.29) is 0 Å². The van der Waals surface area contributed by atoms with Crippen LogP contribution in [0.25, 0.3) is 0 Å². The molecule has 1 aromatic carbocycles. The number of piperidine rings is 1. The van der Waals surface area contributed by atoms with Gasteiger partial charge in [-0.25, -0.2) is 8.42 Å². The summed E-state index contributed by atoms with van der Waals surface area (Å²) < 4.78 is 32.7. The van der Waals surface area contributed by atoms with Crippen LogP contribution < -0.4 is 10.1 Å². The van der Waals surface area contributed by atoms with E-state index < -0.39 is 10.0 Å². The molecular weight excluding hydrogens is 312 g/mol. The van der Waals surface area contributed by atoms with Gasteiger partial charge in [0.1, 0.15) is 5.75 Å². The average molecular weight is 340 g/mol. The SMILES string of the molecule is CCNCC1CCN(S(=O)(=O)c2cc(C)c(OC)c(C)c2)CC1. The molecule has 0 aromatic heterocycles. The highest BCUT2D eigenvalue weighted by Crippen LogP contribution is 2.29. The number of rotatable bonds is 6. The van der Waals surface area contributed by atoms with Gasteiger partial charge in [-0.15, -0.1) is 0 Å². The molecule has 0 radical (unpaired) electrons. The van der Waals surface area contributed by atoms with Crippen LogP contribution in [0.1, 0.15) is 30.9 Å². The van der Waals surface area contributed by atoms with E-state index in [2.05, 4.69) is 12.2 Å². The van der Waals surface area contributed by atoms with Crippen LogP contribution in [0.4, 0.5) is 0 Å². The topological polar surface area (TPSA) is 58.6 Å². The molecule has 1 N–H and O–H groups in total. The molecule has 1 aliphatic rings. The molecule has 1 fully saturated rings. The van der Waals surface area contributed by atoms with Crippen molar-refractivity contribution in [2.24, 2.45) is 5.92 Å². The first-order chi connectivity index (χ1) is 10.9. The Morgan fingerprint density at radius 2 is 1.78 bits per heavy atom.